The van der Waals surface area contributed by atoms with Crippen molar-refractivity contribution in [3.05, 3.63) is 198 Å². The van der Waals surface area contributed by atoms with Crippen LogP contribution in [0.25, 0.3) is 22.4 Å². The summed E-state index contributed by atoms with van der Waals surface area (Å²) in [5, 5.41) is 0. The van der Waals surface area contributed by atoms with Crippen molar-refractivity contribution < 1.29 is 4.74 Å². The molecule has 0 aliphatic carbocycles. The van der Waals surface area contributed by atoms with E-state index in [1.165, 1.54) is 16.7 Å². The van der Waals surface area contributed by atoms with E-state index in [-0.39, 0.29) is 0 Å². The van der Waals surface area contributed by atoms with Crippen LogP contribution in [-0.2, 0) is 6.42 Å². The summed E-state index contributed by atoms with van der Waals surface area (Å²) >= 11 is 0. The van der Waals surface area contributed by atoms with Crippen molar-refractivity contribution in [1.82, 2.24) is 0 Å². The molecule has 4 heteroatoms. The van der Waals surface area contributed by atoms with Gasteiger partial charge in [0.1, 0.15) is 0 Å². The summed E-state index contributed by atoms with van der Waals surface area (Å²) in [6, 6.07) is 53.0. The molecular weight excluding hydrogens is 599 g/mol. The first-order chi connectivity index (χ1) is 24.2. The molecule has 2 heterocycles. The van der Waals surface area contributed by atoms with Crippen molar-refractivity contribution in [1.29, 1.82) is 0 Å². The van der Waals surface area contributed by atoms with Gasteiger partial charge in [0.25, 0.3) is 0 Å². The molecule has 0 saturated heterocycles. The Balaban J connectivity index is 1.37. The first-order valence-electron chi connectivity index (χ1n) is 16.8. The van der Waals surface area contributed by atoms with E-state index in [2.05, 4.69) is 144 Å². The third kappa shape index (κ3) is 5.73. The van der Waals surface area contributed by atoms with Gasteiger partial charge in [0.2, 0.25) is 0 Å². The summed E-state index contributed by atoms with van der Waals surface area (Å²) in [5.74, 6) is 1.60. The molecular formula is C45H37N3O. The van der Waals surface area contributed by atoms with Crippen LogP contribution in [0.5, 0.6) is 11.5 Å². The van der Waals surface area contributed by atoms with Gasteiger partial charge in [-0.25, -0.2) is 0 Å². The molecule has 0 fully saturated rings. The zero-order valence-corrected chi connectivity index (χ0v) is 27.3. The Kier molecular flexibility index (Phi) is 8.14. The monoisotopic (exact) mass is 635 g/mol. The molecule has 2 N–H and O–H groups in total. The van der Waals surface area contributed by atoms with E-state index in [0.29, 0.717) is 6.54 Å². The predicted molar refractivity (Wildman–Crippen MR) is 204 cm³/mol. The Hall–Kier alpha value is -6.10. The van der Waals surface area contributed by atoms with Gasteiger partial charge in [-0.3, -0.25) is 0 Å². The quantitative estimate of drug-likeness (QED) is 0.185. The van der Waals surface area contributed by atoms with E-state index >= 15 is 0 Å². The van der Waals surface area contributed by atoms with Crippen LogP contribution in [0.1, 0.15) is 22.3 Å². The number of benzene rings is 6. The molecule has 8 rings (SSSR count). The third-order valence-corrected chi connectivity index (χ3v) is 9.33. The molecule has 0 spiro atoms. The van der Waals surface area contributed by atoms with Gasteiger partial charge < -0.3 is 20.3 Å². The highest BCUT2D eigenvalue weighted by molar-refractivity contribution is 5.94. The summed E-state index contributed by atoms with van der Waals surface area (Å²) in [6.07, 6.45) is 5.24. The Bertz CT molecular complexity index is 2170. The van der Waals surface area contributed by atoms with Crippen molar-refractivity contribution in [2.45, 2.75) is 6.42 Å². The summed E-state index contributed by atoms with van der Waals surface area (Å²) in [4.78, 5) is 4.74. The summed E-state index contributed by atoms with van der Waals surface area (Å²) in [5.41, 5.74) is 19.5. The number of allylic oxidation sites excluding steroid dienone is 1. The zero-order valence-electron chi connectivity index (χ0n) is 27.3. The van der Waals surface area contributed by atoms with Gasteiger partial charge in [-0.2, -0.15) is 0 Å². The standard InChI is InChI=1S/C45H37N3O/c1-32-38-19-9-8-16-34(38)27-29-47(43-30-36(24-25-39(32)43)33-14-4-2-5-15-33)42(35-17-6-3-7-18-35)31-37(26-28-46)48-40-20-10-12-22-44(40)49-45-23-13-11-21-41(45)48/h2-26,30-31H,1,27-29,46H2/b37-26+,42-31-. The minimum absolute atomic E-state index is 0.370. The van der Waals surface area contributed by atoms with Gasteiger partial charge >= 0.3 is 0 Å². The van der Waals surface area contributed by atoms with Gasteiger partial charge in [0.15, 0.2) is 11.5 Å². The average molecular weight is 636 g/mol. The van der Waals surface area contributed by atoms with E-state index in [1.807, 2.05) is 36.4 Å². The first kappa shape index (κ1) is 30.2. The number of hydrogen-bond acceptors (Lipinski definition) is 4. The number of fused-ring (bicyclic) bond motifs is 4. The maximum absolute atomic E-state index is 6.38. The number of para-hydroxylation sites is 4. The van der Waals surface area contributed by atoms with E-state index < -0.39 is 0 Å². The van der Waals surface area contributed by atoms with Crippen LogP contribution >= 0.6 is 0 Å². The lowest BCUT2D eigenvalue weighted by Crippen LogP contribution is -2.28. The molecule has 0 unspecified atom stereocenters. The van der Waals surface area contributed by atoms with Crippen LogP contribution in [0, 0.1) is 0 Å². The number of nitrogens with zero attached hydrogens (tertiary/aromatic N) is 2. The maximum Gasteiger partial charge on any atom is 0.151 e. The van der Waals surface area contributed by atoms with Crippen molar-refractivity contribution in [2.75, 3.05) is 22.9 Å². The second-order valence-corrected chi connectivity index (χ2v) is 12.3. The molecule has 0 saturated carbocycles. The van der Waals surface area contributed by atoms with Crippen LogP contribution < -0.4 is 20.3 Å². The Labute approximate surface area is 288 Å². The number of nitrogens with two attached hydrogens (primary N) is 1. The molecule has 2 aliphatic rings. The number of rotatable bonds is 6. The summed E-state index contributed by atoms with van der Waals surface area (Å²) < 4.78 is 6.38. The fraction of sp³-hybridized carbons (Fsp3) is 0.0667. The molecule has 2 aliphatic heterocycles. The van der Waals surface area contributed by atoms with Crippen LogP contribution in [0.4, 0.5) is 17.1 Å². The van der Waals surface area contributed by atoms with Crippen molar-refractivity contribution in [3.63, 3.8) is 0 Å². The average Bonchev–Trinajstić information content (AvgIpc) is 3.16. The maximum atomic E-state index is 6.38. The highest BCUT2D eigenvalue weighted by Crippen LogP contribution is 2.49. The van der Waals surface area contributed by atoms with Crippen LogP contribution in [0.15, 0.2) is 176 Å². The van der Waals surface area contributed by atoms with E-state index in [4.69, 9.17) is 10.5 Å². The number of hydrogen-bond donors (Lipinski definition) is 1. The van der Waals surface area contributed by atoms with E-state index in [1.54, 1.807) is 0 Å². The van der Waals surface area contributed by atoms with Crippen molar-refractivity contribution >= 4 is 28.3 Å². The highest BCUT2D eigenvalue weighted by Gasteiger charge is 2.28. The van der Waals surface area contributed by atoms with Crippen LogP contribution in [0.3, 0.4) is 0 Å². The predicted octanol–water partition coefficient (Wildman–Crippen LogP) is 10.6. The number of anilines is 3. The highest BCUT2D eigenvalue weighted by atomic mass is 16.5. The first-order valence-corrected chi connectivity index (χ1v) is 16.8. The SMILES string of the molecule is C=C1c2ccccc2CCN(/C(=C\C(=C/CN)N2c3ccccc3Oc3ccccc32)c2ccccc2)c2cc(-c3ccccc3)ccc21. The molecule has 4 nitrogen and oxygen atoms in total. The Morgan fingerprint density at radius 1 is 0.653 bits per heavy atom. The smallest absolute Gasteiger partial charge is 0.151 e. The van der Waals surface area contributed by atoms with Gasteiger partial charge in [-0.1, -0.05) is 128 Å². The molecule has 49 heavy (non-hydrogen) atoms. The normalized spacial score (nSPS) is 14.1. The van der Waals surface area contributed by atoms with E-state index in [0.717, 1.165) is 75.2 Å². The van der Waals surface area contributed by atoms with E-state index in [9.17, 15) is 0 Å². The van der Waals surface area contributed by atoms with Gasteiger partial charge in [0.05, 0.1) is 17.1 Å². The Morgan fingerprint density at radius 3 is 2.00 bits per heavy atom. The second kappa shape index (κ2) is 13.2. The summed E-state index contributed by atoms with van der Waals surface area (Å²) in [7, 11) is 0. The number of ether oxygens (including phenoxy) is 1. The fourth-order valence-corrected chi connectivity index (χ4v) is 6.99. The Morgan fingerprint density at radius 2 is 1.29 bits per heavy atom. The molecule has 0 atom stereocenters. The van der Waals surface area contributed by atoms with Crippen molar-refractivity contribution in [2.24, 2.45) is 5.73 Å². The topological polar surface area (TPSA) is 41.7 Å². The van der Waals surface area contributed by atoms with Gasteiger partial charge in [0, 0.05) is 30.0 Å². The molecule has 0 bridgehead atoms. The molecule has 6 aromatic rings. The third-order valence-electron chi connectivity index (χ3n) is 9.33. The fourth-order valence-electron chi connectivity index (χ4n) is 6.99. The summed E-state index contributed by atoms with van der Waals surface area (Å²) in [6.45, 7) is 5.82. The molecule has 0 amide bonds. The lowest BCUT2D eigenvalue weighted by atomic mass is 9.88. The second-order valence-electron chi connectivity index (χ2n) is 12.3. The lowest BCUT2D eigenvalue weighted by Gasteiger charge is -2.36. The minimum Gasteiger partial charge on any atom is -0.453 e. The lowest BCUT2D eigenvalue weighted by molar-refractivity contribution is 0.476. The minimum atomic E-state index is 0.370. The van der Waals surface area contributed by atoms with Gasteiger partial charge in [-0.15, -0.1) is 0 Å². The van der Waals surface area contributed by atoms with Crippen LogP contribution in [-0.4, -0.2) is 13.1 Å². The van der Waals surface area contributed by atoms with Gasteiger partial charge in [-0.05, 0) is 82.3 Å². The van der Waals surface area contributed by atoms with Crippen molar-refractivity contribution in [3.8, 4) is 22.6 Å². The molecule has 0 radical (unpaired) electrons. The molecule has 0 aromatic heterocycles. The zero-order chi connectivity index (χ0) is 33.2. The molecule has 238 valence electrons. The largest absolute Gasteiger partial charge is 0.453 e. The molecule has 6 aromatic carbocycles. The van der Waals surface area contributed by atoms with Crippen LogP contribution in [0.2, 0.25) is 0 Å².